The summed E-state index contributed by atoms with van der Waals surface area (Å²) >= 11 is 5.85. The maximum Gasteiger partial charge on any atom is 0.170 e. The molecular formula is C27H26N4O2S. The van der Waals surface area contributed by atoms with Crippen molar-refractivity contribution in [2.75, 3.05) is 14.2 Å². The molecule has 0 aliphatic carbocycles. The van der Waals surface area contributed by atoms with Crippen LogP contribution < -0.4 is 14.8 Å². The second-order valence-electron chi connectivity index (χ2n) is 8.11. The Morgan fingerprint density at radius 2 is 1.74 bits per heavy atom. The lowest BCUT2D eigenvalue weighted by atomic mass is 10.0. The molecule has 4 aromatic rings. The summed E-state index contributed by atoms with van der Waals surface area (Å²) < 4.78 is 13.0. The van der Waals surface area contributed by atoms with Crippen molar-refractivity contribution in [3.8, 4) is 17.2 Å². The molecule has 1 N–H and O–H groups in total. The van der Waals surface area contributed by atoms with E-state index in [0.717, 1.165) is 34.1 Å². The number of thiocarbonyl (C=S) groups is 1. The molecule has 34 heavy (non-hydrogen) atoms. The SMILES string of the molecule is COc1ccc(CN2C(=S)N[C@H](c3ccccn3)[C@H]2c2cccn2-c2cccc(OC)c2)cc1. The number of hydrogen-bond acceptors (Lipinski definition) is 4. The van der Waals surface area contributed by atoms with E-state index in [2.05, 4.69) is 56.3 Å². The van der Waals surface area contributed by atoms with Gasteiger partial charge in [-0.15, -0.1) is 0 Å². The van der Waals surface area contributed by atoms with Crippen LogP contribution in [0.25, 0.3) is 5.69 Å². The first-order valence-corrected chi connectivity index (χ1v) is 11.5. The third kappa shape index (κ3) is 4.22. The minimum absolute atomic E-state index is 0.0642. The number of rotatable bonds is 7. The number of benzene rings is 2. The molecule has 1 aliphatic heterocycles. The van der Waals surface area contributed by atoms with Crippen molar-refractivity contribution in [2.24, 2.45) is 0 Å². The van der Waals surface area contributed by atoms with Gasteiger partial charge in [0.1, 0.15) is 11.5 Å². The first kappa shape index (κ1) is 22.0. The zero-order chi connectivity index (χ0) is 23.5. The molecule has 1 fully saturated rings. The maximum atomic E-state index is 5.85. The largest absolute Gasteiger partial charge is 0.497 e. The Balaban J connectivity index is 1.57. The normalized spacial score (nSPS) is 17.5. The molecule has 2 atom stereocenters. The summed E-state index contributed by atoms with van der Waals surface area (Å²) in [5.74, 6) is 1.65. The molecule has 3 heterocycles. The van der Waals surface area contributed by atoms with Gasteiger partial charge in [0.25, 0.3) is 0 Å². The molecule has 0 unspecified atom stereocenters. The van der Waals surface area contributed by atoms with Gasteiger partial charge < -0.3 is 24.3 Å². The molecule has 2 aromatic carbocycles. The summed E-state index contributed by atoms with van der Waals surface area (Å²) in [7, 11) is 3.36. The Bertz CT molecular complexity index is 1270. The van der Waals surface area contributed by atoms with E-state index in [4.69, 9.17) is 21.7 Å². The van der Waals surface area contributed by atoms with Gasteiger partial charge in [0.2, 0.25) is 0 Å². The Morgan fingerprint density at radius 1 is 0.912 bits per heavy atom. The van der Waals surface area contributed by atoms with E-state index in [9.17, 15) is 0 Å². The Labute approximate surface area is 204 Å². The van der Waals surface area contributed by atoms with Gasteiger partial charge in [-0.3, -0.25) is 4.98 Å². The molecule has 7 heteroatoms. The second kappa shape index (κ2) is 9.57. The molecule has 0 amide bonds. The minimum Gasteiger partial charge on any atom is -0.497 e. The number of hydrogen-bond donors (Lipinski definition) is 1. The summed E-state index contributed by atoms with van der Waals surface area (Å²) in [4.78, 5) is 6.89. The molecule has 0 radical (unpaired) electrons. The molecule has 0 spiro atoms. The highest BCUT2D eigenvalue weighted by molar-refractivity contribution is 7.80. The zero-order valence-corrected chi connectivity index (χ0v) is 19.9. The summed E-state index contributed by atoms with van der Waals surface area (Å²) in [6.07, 6.45) is 3.90. The topological polar surface area (TPSA) is 51.5 Å². The highest BCUT2D eigenvalue weighted by Crippen LogP contribution is 2.40. The fourth-order valence-electron chi connectivity index (χ4n) is 4.46. The van der Waals surface area contributed by atoms with Crippen LogP contribution in [0.2, 0.25) is 0 Å². The van der Waals surface area contributed by atoms with Crippen LogP contribution in [0, 0.1) is 0 Å². The molecular weight excluding hydrogens is 444 g/mol. The lowest BCUT2D eigenvalue weighted by Gasteiger charge is -2.29. The lowest BCUT2D eigenvalue weighted by molar-refractivity contribution is 0.302. The van der Waals surface area contributed by atoms with Crippen LogP contribution in [0.1, 0.15) is 29.0 Å². The van der Waals surface area contributed by atoms with Gasteiger partial charge in [-0.1, -0.05) is 24.3 Å². The molecule has 5 rings (SSSR count). The van der Waals surface area contributed by atoms with Crippen molar-refractivity contribution in [1.82, 2.24) is 19.8 Å². The third-order valence-corrected chi connectivity index (χ3v) is 6.48. The van der Waals surface area contributed by atoms with E-state index >= 15 is 0 Å². The monoisotopic (exact) mass is 470 g/mol. The van der Waals surface area contributed by atoms with Crippen molar-refractivity contribution in [3.63, 3.8) is 0 Å². The highest BCUT2D eigenvalue weighted by atomic mass is 32.1. The van der Waals surface area contributed by atoms with Gasteiger partial charge in [-0.05, 0) is 66.3 Å². The fourth-order valence-corrected chi connectivity index (χ4v) is 4.76. The molecule has 1 aliphatic rings. The number of methoxy groups -OCH3 is 2. The molecule has 0 saturated carbocycles. The van der Waals surface area contributed by atoms with Gasteiger partial charge in [0.05, 0.1) is 32.0 Å². The van der Waals surface area contributed by atoms with Crippen LogP contribution >= 0.6 is 12.2 Å². The first-order valence-electron chi connectivity index (χ1n) is 11.1. The summed E-state index contributed by atoms with van der Waals surface area (Å²) in [5.41, 5.74) is 4.24. The Hall–Kier alpha value is -3.84. The van der Waals surface area contributed by atoms with Gasteiger partial charge in [0, 0.05) is 36.4 Å². The summed E-state index contributed by atoms with van der Waals surface area (Å²) in [6.45, 7) is 0.660. The van der Waals surface area contributed by atoms with Crippen LogP contribution in [0.15, 0.2) is 91.3 Å². The van der Waals surface area contributed by atoms with Crippen LogP contribution in [0.3, 0.4) is 0 Å². The number of nitrogens with one attached hydrogen (secondary N) is 1. The quantitative estimate of drug-likeness (QED) is 0.381. The Kier molecular flexibility index (Phi) is 6.18. The van der Waals surface area contributed by atoms with Crippen LogP contribution in [-0.4, -0.2) is 33.8 Å². The van der Waals surface area contributed by atoms with Crippen molar-refractivity contribution in [1.29, 1.82) is 0 Å². The first-order chi connectivity index (χ1) is 16.7. The maximum absolute atomic E-state index is 5.85. The number of aromatic nitrogens is 2. The molecule has 0 bridgehead atoms. The van der Waals surface area contributed by atoms with E-state index < -0.39 is 0 Å². The second-order valence-corrected chi connectivity index (χ2v) is 8.49. The fraction of sp³-hybridized carbons (Fsp3) is 0.185. The van der Waals surface area contributed by atoms with Gasteiger partial charge in [-0.25, -0.2) is 0 Å². The average molecular weight is 471 g/mol. The van der Waals surface area contributed by atoms with E-state index in [-0.39, 0.29) is 12.1 Å². The third-order valence-electron chi connectivity index (χ3n) is 6.12. The molecule has 2 aromatic heterocycles. The van der Waals surface area contributed by atoms with Gasteiger partial charge >= 0.3 is 0 Å². The van der Waals surface area contributed by atoms with Crippen molar-refractivity contribution < 1.29 is 9.47 Å². The Morgan fingerprint density at radius 3 is 2.47 bits per heavy atom. The van der Waals surface area contributed by atoms with Gasteiger partial charge in [0.15, 0.2) is 5.11 Å². The van der Waals surface area contributed by atoms with Crippen LogP contribution in [-0.2, 0) is 6.54 Å². The number of ether oxygens (including phenoxy) is 2. The number of nitrogens with zero attached hydrogens (tertiary/aromatic N) is 3. The number of pyridine rings is 1. The molecule has 1 saturated heterocycles. The summed E-state index contributed by atoms with van der Waals surface area (Å²) in [6, 6.07) is 26.2. The zero-order valence-electron chi connectivity index (χ0n) is 19.1. The minimum atomic E-state index is -0.0915. The lowest BCUT2D eigenvalue weighted by Crippen LogP contribution is -2.30. The van der Waals surface area contributed by atoms with Crippen molar-refractivity contribution >= 4 is 17.3 Å². The van der Waals surface area contributed by atoms with Crippen LogP contribution in [0.4, 0.5) is 0 Å². The van der Waals surface area contributed by atoms with Crippen LogP contribution in [0.5, 0.6) is 11.5 Å². The van der Waals surface area contributed by atoms with Gasteiger partial charge in [-0.2, -0.15) is 0 Å². The highest BCUT2D eigenvalue weighted by Gasteiger charge is 2.41. The predicted molar refractivity (Wildman–Crippen MR) is 136 cm³/mol. The smallest absolute Gasteiger partial charge is 0.170 e. The van der Waals surface area contributed by atoms with E-state index in [0.29, 0.717) is 11.7 Å². The summed E-state index contributed by atoms with van der Waals surface area (Å²) in [5, 5.41) is 4.24. The van der Waals surface area contributed by atoms with Crippen molar-refractivity contribution in [2.45, 2.75) is 18.6 Å². The van der Waals surface area contributed by atoms with Crippen molar-refractivity contribution in [3.05, 3.63) is 108 Å². The van der Waals surface area contributed by atoms with E-state index in [1.54, 1.807) is 14.2 Å². The molecule has 172 valence electrons. The predicted octanol–water partition coefficient (Wildman–Crippen LogP) is 5.06. The van der Waals surface area contributed by atoms with E-state index in [1.165, 1.54) is 0 Å². The van der Waals surface area contributed by atoms with E-state index in [1.807, 2.05) is 54.7 Å². The molecule has 6 nitrogen and oxygen atoms in total. The standard InChI is InChI=1S/C27H26N4O2S/c1-32-21-13-11-19(12-14-21)18-31-26(25(29-27(31)34)23-9-3-4-15-28-23)24-10-6-16-30(24)20-7-5-8-22(17-20)33-2/h3-17,25-26H,18H2,1-2H3,(H,29,34)/t25-,26-/m1/s1. The average Bonchev–Trinajstić information content (AvgIpc) is 3.49.